The SMILES string of the molecule is CN(C)c1cc(F)c(F)cc1CC(C)(C)N. The molecule has 4 heteroatoms. The van der Waals surface area contributed by atoms with Gasteiger partial charge in [-0.25, -0.2) is 8.78 Å². The molecule has 1 rings (SSSR count). The van der Waals surface area contributed by atoms with Gasteiger partial charge in [0.05, 0.1) is 0 Å². The first-order valence-electron chi connectivity index (χ1n) is 5.15. The quantitative estimate of drug-likeness (QED) is 0.860. The summed E-state index contributed by atoms with van der Waals surface area (Å²) in [4.78, 5) is 1.75. The normalized spacial score (nSPS) is 11.7. The third kappa shape index (κ3) is 3.17. The van der Waals surface area contributed by atoms with E-state index in [0.29, 0.717) is 12.1 Å². The maximum Gasteiger partial charge on any atom is 0.160 e. The summed E-state index contributed by atoms with van der Waals surface area (Å²) in [5.41, 5.74) is 6.82. The first kappa shape index (κ1) is 12.9. The molecule has 0 atom stereocenters. The van der Waals surface area contributed by atoms with Gasteiger partial charge in [-0.15, -0.1) is 0 Å². The van der Waals surface area contributed by atoms with Crippen molar-refractivity contribution >= 4 is 5.69 Å². The van der Waals surface area contributed by atoms with Gasteiger partial charge in [0.15, 0.2) is 11.6 Å². The lowest BCUT2D eigenvalue weighted by Crippen LogP contribution is -2.35. The molecule has 2 nitrogen and oxygen atoms in total. The lowest BCUT2D eigenvalue weighted by atomic mass is 9.94. The summed E-state index contributed by atoms with van der Waals surface area (Å²) in [5, 5.41) is 0. The van der Waals surface area contributed by atoms with Gasteiger partial charge in [0, 0.05) is 31.4 Å². The van der Waals surface area contributed by atoms with Crippen molar-refractivity contribution in [3.63, 3.8) is 0 Å². The molecule has 0 saturated carbocycles. The van der Waals surface area contributed by atoms with Gasteiger partial charge in [-0.1, -0.05) is 0 Å². The van der Waals surface area contributed by atoms with Crippen molar-refractivity contribution in [2.24, 2.45) is 5.73 Å². The third-order valence-electron chi connectivity index (χ3n) is 2.25. The Bertz CT molecular complexity index is 381. The van der Waals surface area contributed by atoms with Crippen LogP contribution in [0.4, 0.5) is 14.5 Å². The van der Waals surface area contributed by atoms with E-state index in [2.05, 4.69) is 0 Å². The molecule has 0 heterocycles. The number of hydrogen-bond acceptors (Lipinski definition) is 2. The summed E-state index contributed by atoms with van der Waals surface area (Å²) in [6.07, 6.45) is 0.498. The van der Waals surface area contributed by atoms with Crippen LogP contribution in [-0.2, 0) is 6.42 Å². The van der Waals surface area contributed by atoms with Crippen molar-refractivity contribution in [2.45, 2.75) is 25.8 Å². The van der Waals surface area contributed by atoms with Crippen molar-refractivity contribution in [3.05, 3.63) is 29.3 Å². The van der Waals surface area contributed by atoms with Crippen LogP contribution in [0.2, 0.25) is 0 Å². The maximum absolute atomic E-state index is 13.2. The zero-order chi connectivity index (χ0) is 12.5. The molecule has 0 bridgehead atoms. The second kappa shape index (κ2) is 4.37. The molecule has 2 N–H and O–H groups in total. The molecule has 0 aliphatic rings. The monoisotopic (exact) mass is 228 g/mol. The van der Waals surface area contributed by atoms with Crippen LogP contribution in [0.15, 0.2) is 12.1 Å². The minimum absolute atomic E-state index is 0.449. The van der Waals surface area contributed by atoms with Crippen molar-refractivity contribution in [3.8, 4) is 0 Å². The number of rotatable bonds is 3. The Morgan fingerprint density at radius 3 is 2.12 bits per heavy atom. The fourth-order valence-electron chi connectivity index (χ4n) is 1.63. The molecular formula is C12H18F2N2. The molecule has 0 fully saturated rings. The van der Waals surface area contributed by atoms with Gasteiger partial charge in [0.25, 0.3) is 0 Å². The predicted molar refractivity (Wildman–Crippen MR) is 62.7 cm³/mol. The van der Waals surface area contributed by atoms with Gasteiger partial charge in [-0.3, -0.25) is 0 Å². The Morgan fingerprint density at radius 1 is 1.19 bits per heavy atom. The summed E-state index contributed by atoms with van der Waals surface area (Å²) in [5.74, 6) is -1.66. The molecule has 0 saturated heterocycles. The molecule has 0 spiro atoms. The van der Waals surface area contributed by atoms with Gasteiger partial charge in [-0.05, 0) is 31.9 Å². The maximum atomic E-state index is 13.2. The molecule has 0 aromatic heterocycles. The van der Waals surface area contributed by atoms with Crippen LogP contribution >= 0.6 is 0 Å². The lowest BCUT2D eigenvalue weighted by Gasteiger charge is -2.23. The van der Waals surface area contributed by atoms with E-state index in [9.17, 15) is 8.78 Å². The highest BCUT2D eigenvalue weighted by atomic mass is 19.2. The number of benzene rings is 1. The summed E-state index contributed by atoms with van der Waals surface area (Å²) in [6.45, 7) is 3.71. The van der Waals surface area contributed by atoms with Gasteiger partial charge < -0.3 is 10.6 Å². The van der Waals surface area contributed by atoms with E-state index in [1.54, 1.807) is 19.0 Å². The minimum Gasteiger partial charge on any atom is -0.377 e. The lowest BCUT2D eigenvalue weighted by molar-refractivity contribution is 0.494. The molecule has 0 radical (unpaired) electrons. The predicted octanol–water partition coefficient (Wildman–Crippen LogP) is 2.31. The largest absolute Gasteiger partial charge is 0.377 e. The topological polar surface area (TPSA) is 29.3 Å². The summed E-state index contributed by atoms with van der Waals surface area (Å²) in [7, 11) is 3.58. The second-order valence-corrected chi connectivity index (χ2v) is 4.95. The van der Waals surface area contributed by atoms with Crippen LogP contribution < -0.4 is 10.6 Å². The highest BCUT2D eigenvalue weighted by Gasteiger charge is 2.18. The second-order valence-electron chi connectivity index (χ2n) is 4.95. The fraction of sp³-hybridized carbons (Fsp3) is 0.500. The molecule has 90 valence electrons. The van der Waals surface area contributed by atoms with Crippen LogP contribution in [-0.4, -0.2) is 19.6 Å². The standard InChI is InChI=1S/C12H18F2N2/c1-12(2,15)7-8-5-9(13)10(14)6-11(8)16(3)4/h5-6H,7,15H2,1-4H3. The van der Waals surface area contributed by atoms with Gasteiger partial charge >= 0.3 is 0 Å². The molecule has 1 aromatic carbocycles. The van der Waals surface area contributed by atoms with E-state index in [0.717, 1.165) is 5.56 Å². The molecule has 16 heavy (non-hydrogen) atoms. The van der Waals surface area contributed by atoms with Gasteiger partial charge in [0.1, 0.15) is 0 Å². The molecule has 0 aliphatic carbocycles. The summed E-state index contributed by atoms with van der Waals surface area (Å²) >= 11 is 0. The number of halogens is 2. The van der Waals surface area contributed by atoms with E-state index in [-0.39, 0.29) is 0 Å². The van der Waals surface area contributed by atoms with E-state index in [1.807, 2.05) is 13.8 Å². The first-order valence-corrected chi connectivity index (χ1v) is 5.15. The van der Waals surface area contributed by atoms with Crippen molar-refractivity contribution in [2.75, 3.05) is 19.0 Å². The van der Waals surface area contributed by atoms with Crippen LogP contribution in [0.1, 0.15) is 19.4 Å². The summed E-state index contributed by atoms with van der Waals surface area (Å²) in [6, 6.07) is 2.43. The minimum atomic E-state index is -0.831. The van der Waals surface area contributed by atoms with Gasteiger partial charge in [-0.2, -0.15) is 0 Å². The number of nitrogens with zero attached hydrogens (tertiary/aromatic N) is 1. The molecule has 0 aliphatic heterocycles. The van der Waals surface area contributed by atoms with Crippen LogP contribution in [0.5, 0.6) is 0 Å². The van der Waals surface area contributed by atoms with Crippen LogP contribution in [0.25, 0.3) is 0 Å². The molecule has 1 aromatic rings. The molecule has 0 amide bonds. The number of nitrogens with two attached hydrogens (primary N) is 1. The third-order valence-corrected chi connectivity index (χ3v) is 2.25. The highest BCUT2D eigenvalue weighted by molar-refractivity contribution is 5.53. The molecule has 0 unspecified atom stereocenters. The van der Waals surface area contributed by atoms with Gasteiger partial charge in [0.2, 0.25) is 0 Å². The van der Waals surface area contributed by atoms with E-state index < -0.39 is 17.2 Å². The van der Waals surface area contributed by atoms with Crippen molar-refractivity contribution in [1.82, 2.24) is 0 Å². The Morgan fingerprint density at radius 2 is 1.69 bits per heavy atom. The Balaban J connectivity index is 3.20. The Kier molecular flexibility index (Phi) is 3.53. The molecular weight excluding hydrogens is 210 g/mol. The zero-order valence-electron chi connectivity index (χ0n) is 10.1. The van der Waals surface area contributed by atoms with Crippen molar-refractivity contribution < 1.29 is 8.78 Å². The van der Waals surface area contributed by atoms with Crippen molar-refractivity contribution in [1.29, 1.82) is 0 Å². The number of hydrogen-bond donors (Lipinski definition) is 1. The Hall–Kier alpha value is -1.16. The van der Waals surface area contributed by atoms with E-state index in [4.69, 9.17) is 5.73 Å². The average molecular weight is 228 g/mol. The highest BCUT2D eigenvalue weighted by Crippen LogP contribution is 2.25. The van der Waals surface area contributed by atoms with Crippen LogP contribution in [0.3, 0.4) is 0 Å². The van der Waals surface area contributed by atoms with E-state index >= 15 is 0 Å². The van der Waals surface area contributed by atoms with E-state index in [1.165, 1.54) is 12.1 Å². The number of anilines is 1. The fourth-order valence-corrected chi connectivity index (χ4v) is 1.63. The van der Waals surface area contributed by atoms with Crippen LogP contribution in [0, 0.1) is 11.6 Å². The summed E-state index contributed by atoms with van der Waals surface area (Å²) < 4.78 is 26.3. The smallest absolute Gasteiger partial charge is 0.160 e. The average Bonchev–Trinajstić information content (AvgIpc) is 2.07. The Labute approximate surface area is 95.1 Å². The zero-order valence-corrected chi connectivity index (χ0v) is 10.1. The first-order chi connectivity index (χ1) is 7.20.